The van der Waals surface area contributed by atoms with Gasteiger partial charge in [-0.2, -0.15) is 0 Å². The first kappa shape index (κ1) is 47.8. The van der Waals surface area contributed by atoms with E-state index in [1.165, 1.54) is 6.07 Å². The second kappa shape index (κ2) is 16.4. The predicted molar refractivity (Wildman–Crippen MR) is 314 cm³/mol. The van der Waals surface area contributed by atoms with E-state index in [1.54, 1.807) is 24.3 Å². The average Bonchev–Trinajstić information content (AvgIpc) is 3.29. The van der Waals surface area contributed by atoms with Crippen molar-refractivity contribution in [3.8, 4) is 33.4 Å². The molecule has 0 aliphatic heterocycles. The van der Waals surface area contributed by atoms with Crippen LogP contribution in [0.5, 0.6) is 0 Å². The highest BCUT2D eigenvalue weighted by molar-refractivity contribution is 6.76. The third kappa shape index (κ3) is 6.40. The van der Waals surface area contributed by atoms with Crippen molar-refractivity contribution in [2.24, 2.45) is 0 Å². The topological polar surface area (TPSA) is 0 Å². The molecule has 0 heterocycles. The lowest BCUT2D eigenvalue weighted by Gasteiger charge is -2.31. The van der Waals surface area contributed by atoms with Crippen molar-refractivity contribution in [1.29, 1.82) is 0 Å². The van der Waals surface area contributed by atoms with Crippen molar-refractivity contribution in [3.63, 3.8) is 0 Å². The Labute approximate surface area is 421 Å². The first-order valence-corrected chi connectivity index (χ1v) is 20.0. The quantitative estimate of drug-likeness (QED) is 0.0951. The van der Waals surface area contributed by atoms with Gasteiger partial charge in [-0.1, -0.05) is 118 Å². The molecule has 0 aliphatic carbocycles. The van der Waals surface area contributed by atoms with Crippen molar-refractivity contribution in [3.05, 3.63) is 30.3 Å². The molecular formula is C44H5B23. The van der Waals surface area contributed by atoms with E-state index in [1.807, 2.05) is 0 Å². The van der Waals surface area contributed by atoms with E-state index < -0.39 is 0 Å². The molecule has 23 heteroatoms. The summed E-state index contributed by atoms with van der Waals surface area (Å²) in [5, 5.41) is 2.49. The summed E-state index contributed by atoms with van der Waals surface area (Å²) in [4.78, 5) is 0. The smallest absolute Gasteiger partial charge is 0.110 e. The summed E-state index contributed by atoms with van der Waals surface area (Å²) >= 11 is 0. The van der Waals surface area contributed by atoms with Gasteiger partial charge in [-0.25, -0.2) is 0 Å². The minimum atomic E-state index is -0.0536. The maximum Gasteiger partial charge on any atom is 0.115 e. The van der Waals surface area contributed by atoms with E-state index in [0.717, 1.165) is 0 Å². The molecule has 0 spiro atoms. The van der Waals surface area contributed by atoms with Gasteiger partial charge in [0.1, 0.15) is 180 Å². The molecule has 9 aromatic carbocycles. The largest absolute Gasteiger partial charge is 0.115 e. The molecule has 0 fully saturated rings. The monoisotopic (exact) mass is 786 g/mol. The second-order valence-electron chi connectivity index (χ2n) is 16.6. The molecule has 0 aromatic heterocycles. The van der Waals surface area contributed by atoms with Crippen LogP contribution in [0.15, 0.2) is 30.3 Å². The number of hydrogen-bond donors (Lipinski definition) is 0. The number of hydrogen-bond acceptors (Lipinski definition) is 0. The van der Waals surface area contributed by atoms with E-state index in [4.69, 9.17) is 180 Å². The van der Waals surface area contributed by atoms with E-state index >= 15 is 0 Å². The third-order valence-corrected chi connectivity index (χ3v) is 13.2. The summed E-state index contributed by atoms with van der Waals surface area (Å²) in [6.07, 6.45) is 0. The Morgan fingerprint density at radius 1 is 0.164 bits per heavy atom. The second-order valence-corrected chi connectivity index (χ2v) is 16.6. The molecule has 46 radical (unpaired) electrons. The average molecular weight is 782 g/mol. The number of rotatable bonds is 3. The Balaban J connectivity index is 1.41. The van der Waals surface area contributed by atoms with Crippen LogP contribution >= 0.6 is 0 Å². The molecule has 0 nitrogen and oxygen atoms in total. The Kier molecular flexibility index (Phi) is 11.7. The molecule has 67 heavy (non-hydrogen) atoms. The zero-order chi connectivity index (χ0) is 49.1. The van der Waals surface area contributed by atoms with Crippen molar-refractivity contribution in [1.82, 2.24) is 0 Å². The standard InChI is InChI=1S/C44H5B23/c45-8-5-9(46)24(47)14-10(6-1-3-7(4-2-6)11-25(48)20-17(28(51)27(11)50)18-21(34(57)33(20)56)36(59)42(65)41(64)31(18)54)15-16(30(53)40(63)39(62)29(15)52)13(12(8)14)19-26(49)22-23(35(58)32(19)55)38(61)44(67)43(66)37(22)60/h1-5H. The lowest BCUT2D eigenvalue weighted by atomic mass is 9.57. The highest BCUT2D eigenvalue weighted by Gasteiger charge is 2.28. The van der Waals surface area contributed by atoms with Gasteiger partial charge < -0.3 is 0 Å². The minimum Gasteiger partial charge on any atom is -0.110 e. The molecule has 9 rings (SSSR count). The zero-order valence-corrected chi connectivity index (χ0v) is 35.7. The summed E-state index contributed by atoms with van der Waals surface area (Å²) in [5.74, 6) is 0. The Hall–Kier alpha value is -4.23. The van der Waals surface area contributed by atoms with Crippen LogP contribution in [0, 0.1) is 0 Å². The molecule has 9 aromatic rings. The molecule has 0 bridgehead atoms. The van der Waals surface area contributed by atoms with E-state index in [-0.39, 0.29) is 185 Å². The Morgan fingerprint density at radius 2 is 0.433 bits per heavy atom. The molecule has 0 saturated heterocycles. The number of benzene rings is 9. The van der Waals surface area contributed by atoms with Crippen LogP contribution in [-0.2, 0) is 0 Å². The maximum atomic E-state index is 7.07. The fourth-order valence-electron chi connectivity index (χ4n) is 9.70. The highest BCUT2D eigenvalue weighted by Crippen LogP contribution is 2.40. The van der Waals surface area contributed by atoms with Crippen LogP contribution < -0.4 is 126 Å². The van der Waals surface area contributed by atoms with Crippen LogP contribution in [0.1, 0.15) is 0 Å². The number of fused-ring (bicyclic) bond motifs is 6. The third-order valence-electron chi connectivity index (χ3n) is 13.2. The molecule has 0 saturated carbocycles. The van der Waals surface area contributed by atoms with Gasteiger partial charge in [0.2, 0.25) is 0 Å². The van der Waals surface area contributed by atoms with Gasteiger partial charge in [-0.3, -0.25) is 0 Å². The van der Waals surface area contributed by atoms with Crippen molar-refractivity contribution >= 4 is 360 Å². The summed E-state index contributed by atoms with van der Waals surface area (Å²) < 4.78 is 0. The van der Waals surface area contributed by atoms with Crippen LogP contribution in [-0.4, -0.2) is 180 Å². The van der Waals surface area contributed by atoms with Crippen molar-refractivity contribution in [2.75, 3.05) is 0 Å². The SMILES string of the molecule is [B]c1cc([B])c2c(-c3c([B])c([B])c4c([B])c([B])c([B])c([B])c4c3[B])c3c([B])c([B])c([B])c([B])c3c(-c3ccc(-c4c([B])c([B])c5c(c4[B])c([B])c([B])c4c([B])c([B])c([B])c([B])c45)cc3)c2c1[B]. The first-order valence-electron chi connectivity index (χ1n) is 20.0. The predicted octanol–water partition coefficient (Wildman–Crippen LogP) is -15.3. The lowest BCUT2D eigenvalue weighted by molar-refractivity contribution is 1.67. The summed E-state index contributed by atoms with van der Waals surface area (Å²) in [5.41, 5.74) is 2.68. The first-order chi connectivity index (χ1) is 31.4. The van der Waals surface area contributed by atoms with E-state index in [2.05, 4.69) is 0 Å². The highest BCUT2D eigenvalue weighted by atomic mass is 14.3. The van der Waals surface area contributed by atoms with Gasteiger partial charge >= 0.3 is 0 Å². The fraction of sp³-hybridized carbons (Fsp3) is 0. The minimum absolute atomic E-state index is 0.00780. The van der Waals surface area contributed by atoms with Gasteiger partial charge in [0.25, 0.3) is 0 Å². The van der Waals surface area contributed by atoms with Gasteiger partial charge in [0, 0.05) is 0 Å². The molecular weight excluding hydrogens is 777 g/mol. The van der Waals surface area contributed by atoms with Gasteiger partial charge in [0.05, 0.1) is 0 Å². The Morgan fingerprint density at radius 3 is 0.896 bits per heavy atom. The van der Waals surface area contributed by atoms with Crippen LogP contribution in [0.25, 0.3) is 87.2 Å². The molecule has 0 amide bonds. The van der Waals surface area contributed by atoms with Crippen LogP contribution in [0.2, 0.25) is 0 Å². The van der Waals surface area contributed by atoms with Gasteiger partial charge in [-0.05, 0) is 87.2 Å². The van der Waals surface area contributed by atoms with Crippen LogP contribution in [0.4, 0.5) is 0 Å². The van der Waals surface area contributed by atoms with Gasteiger partial charge in [-0.15, -0.1) is 38.2 Å². The molecule has 250 valence electrons. The molecule has 0 N–H and O–H groups in total. The summed E-state index contributed by atoms with van der Waals surface area (Å²) in [6, 6.07) is 8.43. The summed E-state index contributed by atoms with van der Waals surface area (Å²) in [6.45, 7) is 0. The summed E-state index contributed by atoms with van der Waals surface area (Å²) in [7, 11) is 153. The molecule has 0 unspecified atom stereocenters. The molecule has 0 aliphatic rings. The Bertz CT molecular complexity index is 3820. The fourth-order valence-corrected chi connectivity index (χ4v) is 9.70. The van der Waals surface area contributed by atoms with E-state index in [0.29, 0.717) is 27.6 Å². The van der Waals surface area contributed by atoms with Crippen molar-refractivity contribution in [2.45, 2.75) is 0 Å². The normalized spacial score (nSPS) is 11.8. The van der Waals surface area contributed by atoms with Crippen molar-refractivity contribution < 1.29 is 0 Å². The molecule has 0 atom stereocenters. The maximum absolute atomic E-state index is 7.07. The van der Waals surface area contributed by atoms with E-state index in [9.17, 15) is 0 Å². The lowest BCUT2D eigenvalue weighted by Crippen LogP contribution is -2.52. The van der Waals surface area contributed by atoms with Crippen LogP contribution in [0.3, 0.4) is 0 Å². The van der Waals surface area contributed by atoms with Gasteiger partial charge in [0.15, 0.2) is 0 Å². The zero-order valence-electron chi connectivity index (χ0n) is 35.7.